The average Bonchev–Trinajstić information content (AvgIpc) is 2.69. The summed E-state index contributed by atoms with van der Waals surface area (Å²) in [4.78, 5) is 26.2. The summed E-state index contributed by atoms with van der Waals surface area (Å²) in [6.45, 7) is 4.59. The molecular formula is C15H18BrNO2S. The van der Waals surface area contributed by atoms with Crippen LogP contribution in [0.2, 0.25) is 0 Å². The summed E-state index contributed by atoms with van der Waals surface area (Å²) >= 11 is 7.75. The van der Waals surface area contributed by atoms with E-state index in [-0.39, 0.29) is 17.2 Å². The van der Waals surface area contributed by atoms with E-state index >= 15 is 0 Å². The Balaban J connectivity index is 2.33. The molecule has 0 atom stereocenters. The quantitative estimate of drug-likeness (QED) is 0.644. The van der Waals surface area contributed by atoms with Crippen LogP contribution in [0.15, 0.2) is 22.7 Å². The van der Waals surface area contributed by atoms with Crippen LogP contribution >= 0.6 is 28.6 Å². The normalized spacial score (nSPS) is 14.9. The van der Waals surface area contributed by atoms with Gasteiger partial charge in [0.2, 0.25) is 0 Å². The summed E-state index contributed by atoms with van der Waals surface area (Å²) in [6, 6.07) is 5.22. The van der Waals surface area contributed by atoms with Crippen molar-refractivity contribution < 1.29 is 9.59 Å². The van der Waals surface area contributed by atoms with Crippen LogP contribution in [0, 0.1) is 5.41 Å². The van der Waals surface area contributed by atoms with E-state index < -0.39 is 0 Å². The number of carbonyl (C=O) groups is 2. The number of rotatable bonds is 5. The van der Waals surface area contributed by atoms with E-state index in [1.54, 1.807) is 18.2 Å². The molecule has 5 heteroatoms. The molecule has 2 amide bonds. The lowest BCUT2D eigenvalue weighted by Gasteiger charge is -2.33. The highest BCUT2D eigenvalue weighted by atomic mass is 79.9. The molecule has 1 aromatic rings. The zero-order chi connectivity index (χ0) is 14.9. The predicted octanol–water partition coefficient (Wildman–Crippen LogP) is 3.78. The van der Waals surface area contributed by atoms with E-state index in [9.17, 15) is 9.59 Å². The van der Waals surface area contributed by atoms with Gasteiger partial charge in [0.15, 0.2) is 0 Å². The van der Waals surface area contributed by atoms with Crippen molar-refractivity contribution in [1.82, 2.24) is 4.90 Å². The van der Waals surface area contributed by atoms with Crippen LogP contribution in [0.1, 0.15) is 47.4 Å². The number of imide groups is 1. The number of fused-ring (bicyclic) bond motifs is 1. The molecule has 0 fully saturated rings. The van der Waals surface area contributed by atoms with Gasteiger partial charge in [0.1, 0.15) is 0 Å². The third kappa shape index (κ3) is 2.53. The lowest BCUT2D eigenvalue weighted by molar-refractivity contribution is 0.0576. The van der Waals surface area contributed by atoms with Crippen LogP contribution < -0.4 is 0 Å². The summed E-state index contributed by atoms with van der Waals surface area (Å²) < 4.78 is 0.811. The molecule has 0 saturated heterocycles. The van der Waals surface area contributed by atoms with Crippen LogP contribution in [0.3, 0.4) is 0 Å². The van der Waals surface area contributed by atoms with Gasteiger partial charge in [0.25, 0.3) is 11.8 Å². The van der Waals surface area contributed by atoms with Crippen LogP contribution in [0.4, 0.5) is 0 Å². The van der Waals surface area contributed by atoms with Crippen molar-refractivity contribution in [2.45, 2.75) is 26.7 Å². The highest BCUT2D eigenvalue weighted by Gasteiger charge is 2.40. The maximum Gasteiger partial charge on any atom is 0.261 e. The van der Waals surface area contributed by atoms with E-state index in [0.717, 1.165) is 17.3 Å². The zero-order valence-corrected chi connectivity index (χ0v) is 14.1. The second-order valence-corrected chi connectivity index (χ2v) is 6.48. The molecule has 0 bridgehead atoms. The summed E-state index contributed by atoms with van der Waals surface area (Å²) in [5, 5.41) is 0. The largest absolute Gasteiger partial charge is 0.274 e. The van der Waals surface area contributed by atoms with E-state index in [2.05, 4.69) is 42.4 Å². The van der Waals surface area contributed by atoms with Crippen molar-refractivity contribution in [3.05, 3.63) is 33.8 Å². The van der Waals surface area contributed by atoms with Crippen molar-refractivity contribution >= 4 is 40.4 Å². The number of nitrogens with zero attached hydrogens (tertiary/aromatic N) is 1. The van der Waals surface area contributed by atoms with E-state index in [4.69, 9.17) is 0 Å². The fourth-order valence-electron chi connectivity index (χ4n) is 2.49. The number of hydrogen-bond acceptors (Lipinski definition) is 3. The maximum atomic E-state index is 12.4. The summed E-state index contributed by atoms with van der Waals surface area (Å²) in [5.41, 5.74) is 0.886. The Morgan fingerprint density at radius 1 is 1.15 bits per heavy atom. The highest BCUT2D eigenvalue weighted by molar-refractivity contribution is 9.10. The number of benzene rings is 1. The topological polar surface area (TPSA) is 37.4 Å². The fourth-order valence-corrected chi connectivity index (χ4v) is 3.40. The molecule has 1 aliphatic rings. The number of hydrogen-bond donors (Lipinski definition) is 1. The Morgan fingerprint density at radius 2 is 1.75 bits per heavy atom. The highest BCUT2D eigenvalue weighted by Crippen LogP contribution is 2.33. The molecule has 0 aliphatic carbocycles. The number of thiol groups is 1. The monoisotopic (exact) mass is 355 g/mol. The van der Waals surface area contributed by atoms with Gasteiger partial charge >= 0.3 is 0 Å². The first kappa shape index (κ1) is 15.6. The van der Waals surface area contributed by atoms with Gasteiger partial charge in [0.05, 0.1) is 11.1 Å². The molecule has 20 heavy (non-hydrogen) atoms. The molecule has 1 aliphatic heterocycles. The third-order valence-electron chi connectivity index (χ3n) is 4.26. The predicted molar refractivity (Wildman–Crippen MR) is 86.4 cm³/mol. The minimum atomic E-state index is -0.195. The summed E-state index contributed by atoms with van der Waals surface area (Å²) in [7, 11) is 0. The van der Waals surface area contributed by atoms with Gasteiger partial charge in [-0.25, -0.2) is 0 Å². The molecule has 0 N–H and O–H groups in total. The maximum absolute atomic E-state index is 12.4. The first-order valence-electron chi connectivity index (χ1n) is 6.74. The van der Waals surface area contributed by atoms with Gasteiger partial charge < -0.3 is 0 Å². The molecule has 0 unspecified atom stereocenters. The van der Waals surface area contributed by atoms with Crippen LogP contribution in [0.5, 0.6) is 0 Å². The third-order valence-corrected chi connectivity index (χ3v) is 5.43. The molecule has 0 saturated carbocycles. The van der Waals surface area contributed by atoms with E-state index in [1.165, 1.54) is 4.90 Å². The number of carbonyl (C=O) groups excluding carboxylic acids is 2. The van der Waals surface area contributed by atoms with Gasteiger partial charge in [-0.3, -0.25) is 14.5 Å². The Morgan fingerprint density at radius 3 is 2.30 bits per heavy atom. The van der Waals surface area contributed by atoms with Crippen LogP contribution in [0.25, 0.3) is 0 Å². The van der Waals surface area contributed by atoms with Crippen LogP contribution in [-0.4, -0.2) is 29.0 Å². The minimum Gasteiger partial charge on any atom is -0.274 e. The minimum absolute atomic E-state index is 0.103. The Labute approximate surface area is 133 Å². The Bertz CT molecular complexity index is 547. The van der Waals surface area contributed by atoms with Crippen LogP contribution in [-0.2, 0) is 0 Å². The van der Waals surface area contributed by atoms with E-state index in [0.29, 0.717) is 23.4 Å². The Kier molecular flexibility index (Phi) is 4.59. The molecular weight excluding hydrogens is 338 g/mol. The number of halogens is 1. The molecule has 1 heterocycles. The standard InChI is InChI=1S/C15H18BrNO2S/c1-3-15(4-2,9-20)8-17-13(18)11-6-5-10(16)7-12(11)14(17)19/h5-7,20H,3-4,8-9H2,1-2H3. The van der Waals surface area contributed by atoms with Crippen molar-refractivity contribution in [3.63, 3.8) is 0 Å². The first-order valence-corrected chi connectivity index (χ1v) is 8.17. The molecule has 0 radical (unpaired) electrons. The zero-order valence-electron chi connectivity index (χ0n) is 11.6. The van der Waals surface area contributed by atoms with Crippen molar-refractivity contribution in [3.8, 4) is 0 Å². The van der Waals surface area contributed by atoms with Crippen molar-refractivity contribution in [1.29, 1.82) is 0 Å². The van der Waals surface area contributed by atoms with Crippen molar-refractivity contribution in [2.75, 3.05) is 12.3 Å². The number of amides is 2. The van der Waals surface area contributed by atoms with Gasteiger partial charge in [-0.15, -0.1) is 0 Å². The lowest BCUT2D eigenvalue weighted by Crippen LogP contribution is -2.41. The summed E-state index contributed by atoms with van der Waals surface area (Å²) in [5.74, 6) is 0.279. The lowest BCUT2D eigenvalue weighted by atomic mass is 9.84. The van der Waals surface area contributed by atoms with Gasteiger partial charge in [-0.05, 0) is 42.2 Å². The molecule has 0 aromatic heterocycles. The second-order valence-electron chi connectivity index (χ2n) is 5.25. The smallest absolute Gasteiger partial charge is 0.261 e. The fraction of sp³-hybridized carbons (Fsp3) is 0.467. The van der Waals surface area contributed by atoms with Gasteiger partial charge in [-0.2, -0.15) is 12.6 Å². The van der Waals surface area contributed by atoms with Gasteiger partial charge in [-0.1, -0.05) is 29.8 Å². The molecule has 3 nitrogen and oxygen atoms in total. The second kappa shape index (κ2) is 5.90. The molecule has 2 rings (SSSR count). The average molecular weight is 356 g/mol. The van der Waals surface area contributed by atoms with Gasteiger partial charge in [0, 0.05) is 11.0 Å². The SMILES string of the molecule is CCC(CC)(CS)CN1C(=O)c2ccc(Br)cc2C1=O. The molecule has 0 spiro atoms. The summed E-state index contributed by atoms with van der Waals surface area (Å²) in [6.07, 6.45) is 1.79. The molecule has 1 aromatic carbocycles. The Hall–Kier alpha value is -0.810. The van der Waals surface area contributed by atoms with E-state index in [1.807, 2.05) is 0 Å². The van der Waals surface area contributed by atoms with Crippen molar-refractivity contribution in [2.24, 2.45) is 5.41 Å². The first-order chi connectivity index (χ1) is 9.48. The molecule has 108 valence electrons.